The number of rotatable bonds is 11. The van der Waals surface area contributed by atoms with Crippen molar-refractivity contribution in [3.8, 4) is 0 Å². The Bertz CT molecular complexity index is 1460. The van der Waals surface area contributed by atoms with Crippen LogP contribution in [0, 0.1) is 13.8 Å². The predicted octanol–water partition coefficient (Wildman–Crippen LogP) is 2.31. The molecule has 2 heterocycles. The summed E-state index contributed by atoms with van der Waals surface area (Å²) in [6.45, 7) is 7.09. The second-order valence-electron chi connectivity index (χ2n) is 8.13. The molecule has 0 unspecified atom stereocenters. The fraction of sp³-hybridized carbons (Fsp3) is 0.269. The van der Waals surface area contributed by atoms with Gasteiger partial charge < -0.3 is 24.8 Å². The van der Waals surface area contributed by atoms with E-state index in [1.54, 1.807) is 39.8 Å². The first-order valence-corrected chi connectivity index (χ1v) is 12.1. The monoisotopic (exact) mass is 552 g/mol. The van der Waals surface area contributed by atoms with Crippen LogP contribution in [0.5, 0.6) is 0 Å². The smallest absolute Gasteiger partial charge is 0.423 e. The van der Waals surface area contributed by atoms with Crippen molar-refractivity contribution in [1.82, 2.24) is 25.2 Å². The van der Waals surface area contributed by atoms with Crippen molar-refractivity contribution in [3.63, 3.8) is 0 Å². The molecule has 0 atom stereocenters. The Hall–Kier alpha value is -5.27. The average Bonchev–Trinajstić information content (AvgIpc) is 3.27. The first-order chi connectivity index (χ1) is 19.2. The fourth-order valence-electron chi connectivity index (χ4n) is 3.72. The van der Waals surface area contributed by atoms with E-state index in [9.17, 15) is 24.0 Å². The van der Waals surface area contributed by atoms with E-state index in [0.717, 1.165) is 17.2 Å². The molecule has 0 saturated carbocycles. The maximum Gasteiger partial charge on any atom is 0.423 e. The van der Waals surface area contributed by atoms with Crippen molar-refractivity contribution >= 4 is 47.4 Å². The van der Waals surface area contributed by atoms with E-state index in [0.29, 0.717) is 35.3 Å². The molecule has 3 amide bonds. The molecule has 3 rings (SSSR count). The van der Waals surface area contributed by atoms with Crippen LogP contribution < -0.4 is 15.5 Å². The number of carbonyl (C=O) groups is 5. The third-order valence-corrected chi connectivity index (χ3v) is 5.56. The molecule has 14 heteroatoms. The summed E-state index contributed by atoms with van der Waals surface area (Å²) >= 11 is 0. The lowest BCUT2D eigenvalue weighted by Gasteiger charge is -2.24. The molecular formula is C26H28N6O8. The molecule has 3 aromatic rings. The highest BCUT2D eigenvalue weighted by Crippen LogP contribution is 2.34. The minimum atomic E-state index is -1.00. The van der Waals surface area contributed by atoms with Crippen LogP contribution in [-0.2, 0) is 23.8 Å². The number of amides is 3. The zero-order valence-electron chi connectivity index (χ0n) is 22.3. The fourth-order valence-corrected chi connectivity index (χ4v) is 3.72. The first kappa shape index (κ1) is 29.3. The number of esters is 1. The second-order valence-corrected chi connectivity index (χ2v) is 8.13. The Morgan fingerprint density at radius 2 is 1.77 bits per heavy atom. The van der Waals surface area contributed by atoms with Crippen molar-refractivity contribution in [3.05, 3.63) is 65.3 Å². The van der Waals surface area contributed by atoms with Crippen LogP contribution in [0.15, 0.2) is 43.1 Å². The summed E-state index contributed by atoms with van der Waals surface area (Å²) in [6, 6.07) is 4.75. The van der Waals surface area contributed by atoms with Gasteiger partial charge in [-0.1, -0.05) is 6.07 Å². The maximum absolute atomic E-state index is 13.5. The van der Waals surface area contributed by atoms with Crippen LogP contribution in [-0.4, -0.2) is 64.8 Å². The molecule has 210 valence electrons. The number of aryl methyl sites for hydroxylation is 2. The maximum atomic E-state index is 13.5. The van der Waals surface area contributed by atoms with Crippen molar-refractivity contribution in [2.75, 3.05) is 24.8 Å². The number of anilines is 2. The average molecular weight is 553 g/mol. The molecule has 14 nitrogen and oxygen atoms in total. The topological polar surface area (TPSA) is 171 Å². The summed E-state index contributed by atoms with van der Waals surface area (Å²) in [7, 11) is 0. The number of nitrogens with one attached hydrogen (secondary N) is 2. The summed E-state index contributed by atoms with van der Waals surface area (Å²) in [5.41, 5.74) is 2.24. The van der Waals surface area contributed by atoms with E-state index >= 15 is 0 Å². The van der Waals surface area contributed by atoms with E-state index in [4.69, 9.17) is 9.47 Å². The van der Waals surface area contributed by atoms with Gasteiger partial charge in [0.2, 0.25) is 6.79 Å². The van der Waals surface area contributed by atoms with Crippen LogP contribution in [0.4, 0.5) is 16.3 Å². The highest BCUT2D eigenvalue weighted by atomic mass is 16.7. The van der Waals surface area contributed by atoms with Crippen LogP contribution in [0.1, 0.15) is 45.7 Å². The molecule has 0 fully saturated rings. The van der Waals surface area contributed by atoms with E-state index in [-0.39, 0.29) is 35.4 Å². The summed E-state index contributed by atoms with van der Waals surface area (Å²) in [4.78, 5) is 66.1. The molecule has 1 aromatic carbocycles. The summed E-state index contributed by atoms with van der Waals surface area (Å²) in [6.07, 6.45) is 3.33. The Morgan fingerprint density at radius 3 is 2.48 bits per heavy atom. The molecule has 40 heavy (non-hydrogen) atoms. The molecule has 2 aromatic heterocycles. The lowest BCUT2D eigenvalue weighted by molar-refractivity contribution is -0.145. The van der Waals surface area contributed by atoms with Gasteiger partial charge in [-0.05, 0) is 51.0 Å². The number of fused-ring (bicyclic) bond motifs is 1. The summed E-state index contributed by atoms with van der Waals surface area (Å²) < 4.78 is 15.7. The van der Waals surface area contributed by atoms with Gasteiger partial charge in [-0.3, -0.25) is 14.4 Å². The zero-order valence-corrected chi connectivity index (χ0v) is 22.3. The number of hydrogen-bond donors (Lipinski definition) is 2. The number of nitrogens with zero attached hydrogens (tertiary/aromatic N) is 4. The Balaban J connectivity index is 2.10. The number of benzene rings is 1. The zero-order chi connectivity index (χ0) is 29.2. The summed E-state index contributed by atoms with van der Waals surface area (Å²) in [5, 5.41) is 9.62. The molecule has 0 spiro atoms. The molecule has 0 saturated heterocycles. The van der Waals surface area contributed by atoms with Gasteiger partial charge in [-0.25, -0.2) is 24.0 Å². The van der Waals surface area contributed by atoms with Gasteiger partial charge in [-0.2, -0.15) is 5.10 Å². The van der Waals surface area contributed by atoms with Crippen LogP contribution in [0.25, 0.3) is 5.52 Å². The van der Waals surface area contributed by atoms with Gasteiger partial charge in [0.05, 0.1) is 17.3 Å². The van der Waals surface area contributed by atoms with E-state index < -0.39 is 18.9 Å². The van der Waals surface area contributed by atoms with Gasteiger partial charge in [0.1, 0.15) is 18.1 Å². The lowest BCUT2D eigenvalue weighted by Crippen LogP contribution is -2.30. The lowest BCUT2D eigenvalue weighted by atomic mass is 10.1. The number of ether oxygens (including phenoxy) is 3. The molecule has 0 aliphatic heterocycles. The SMILES string of the molecule is CCNC(=O)c1ccc(C)c(N(C(=O)OCOC(=O)/C=C/OC=O)c2ncnn3cc(C(=O)NCC)c(C)c23)c1. The Kier molecular flexibility index (Phi) is 9.89. The highest BCUT2D eigenvalue weighted by molar-refractivity contribution is 6.05. The highest BCUT2D eigenvalue weighted by Gasteiger charge is 2.29. The van der Waals surface area contributed by atoms with Crippen molar-refractivity contribution in [2.24, 2.45) is 0 Å². The molecule has 0 aliphatic rings. The van der Waals surface area contributed by atoms with Crippen molar-refractivity contribution in [2.45, 2.75) is 27.7 Å². The van der Waals surface area contributed by atoms with Crippen LogP contribution in [0.3, 0.4) is 0 Å². The standard InChI is InChI=1S/C26H28N6O8/c1-5-27-24(35)18-8-7-16(3)20(11-18)32(26(37)40-15-39-21(34)9-10-38-14-33)23-22-17(4)19(25(36)28-6-2)12-31(22)30-13-29-23/h7-14H,5-6,15H2,1-4H3,(H,27,35)(H,28,36)/b10-9+. The largest absolute Gasteiger partial charge is 0.436 e. The normalized spacial score (nSPS) is 10.7. The number of aromatic nitrogens is 3. The number of hydrogen-bond acceptors (Lipinski definition) is 10. The summed E-state index contributed by atoms with van der Waals surface area (Å²) in [5.74, 6) is -1.58. The quantitative estimate of drug-likeness (QED) is 0.118. The minimum absolute atomic E-state index is 0.0507. The van der Waals surface area contributed by atoms with E-state index in [2.05, 4.69) is 25.5 Å². The van der Waals surface area contributed by atoms with E-state index in [1.807, 2.05) is 0 Å². The van der Waals surface area contributed by atoms with Gasteiger partial charge in [-0.15, -0.1) is 0 Å². The molecule has 0 bridgehead atoms. The van der Waals surface area contributed by atoms with Gasteiger partial charge >= 0.3 is 12.1 Å². The third kappa shape index (κ3) is 6.59. The predicted molar refractivity (Wildman–Crippen MR) is 141 cm³/mol. The Labute approximate surface area is 228 Å². The van der Waals surface area contributed by atoms with Crippen molar-refractivity contribution in [1.29, 1.82) is 0 Å². The Morgan fingerprint density at radius 1 is 1.05 bits per heavy atom. The van der Waals surface area contributed by atoms with E-state index in [1.165, 1.54) is 23.1 Å². The van der Waals surface area contributed by atoms with Gasteiger partial charge in [0.15, 0.2) is 5.82 Å². The minimum Gasteiger partial charge on any atom is -0.436 e. The molecule has 0 aliphatic carbocycles. The molecular weight excluding hydrogens is 524 g/mol. The first-order valence-electron chi connectivity index (χ1n) is 12.1. The molecule has 2 N–H and O–H groups in total. The van der Waals surface area contributed by atoms with Crippen molar-refractivity contribution < 1.29 is 38.2 Å². The third-order valence-electron chi connectivity index (χ3n) is 5.56. The number of carbonyl (C=O) groups excluding carboxylic acids is 5. The van der Waals surface area contributed by atoms with Gasteiger partial charge in [0.25, 0.3) is 18.3 Å². The molecule has 0 radical (unpaired) electrons. The van der Waals surface area contributed by atoms with Crippen LogP contribution in [0.2, 0.25) is 0 Å². The van der Waals surface area contributed by atoms with Gasteiger partial charge in [0, 0.05) is 24.8 Å². The second kappa shape index (κ2) is 13.5. The van der Waals surface area contributed by atoms with Crippen LogP contribution >= 0.6 is 0 Å².